The van der Waals surface area contributed by atoms with Crippen LogP contribution in [0.25, 0.3) is 0 Å². The quantitative estimate of drug-likeness (QED) is 0.849. The fourth-order valence-corrected chi connectivity index (χ4v) is 1.70. The Labute approximate surface area is 113 Å². The molecule has 1 N–H and O–H groups in total. The molecule has 1 unspecified atom stereocenters. The molecule has 0 spiro atoms. The lowest BCUT2D eigenvalue weighted by Gasteiger charge is -2.21. The summed E-state index contributed by atoms with van der Waals surface area (Å²) in [5.41, 5.74) is 1.06. The van der Waals surface area contributed by atoms with Gasteiger partial charge >= 0.3 is 11.9 Å². The van der Waals surface area contributed by atoms with E-state index in [4.69, 9.17) is 4.74 Å². The standard InChI is InChI=1S/C15H20O4/c1-10-5-7-11(8-6-10)12(14(17)18)9-13(16)19-15(2,3)4/h5-8,12H,9H2,1-4H3,(H,17,18). The SMILES string of the molecule is Cc1ccc(C(CC(=O)OC(C)(C)C)C(=O)O)cc1. The van der Waals surface area contributed by atoms with E-state index in [-0.39, 0.29) is 6.42 Å². The number of aliphatic carboxylic acids is 1. The summed E-state index contributed by atoms with van der Waals surface area (Å²) in [5, 5.41) is 9.24. The van der Waals surface area contributed by atoms with Gasteiger partial charge in [-0.25, -0.2) is 0 Å². The first-order chi connectivity index (χ1) is 8.69. The number of hydrogen-bond acceptors (Lipinski definition) is 3. The van der Waals surface area contributed by atoms with E-state index < -0.39 is 23.5 Å². The summed E-state index contributed by atoms with van der Waals surface area (Å²) in [6, 6.07) is 7.14. The summed E-state index contributed by atoms with van der Waals surface area (Å²) < 4.78 is 5.16. The minimum Gasteiger partial charge on any atom is -0.481 e. The Bertz CT molecular complexity index is 454. The van der Waals surface area contributed by atoms with Crippen molar-refractivity contribution >= 4 is 11.9 Å². The van der Waals surface area contributed by atoms with E-state index in [1.165, 1.54) is 0 Å². The maximum absolute atomic E-state index is 11.7. The third-order valence-electron chi connectivity index (χ3n) is 2.57. The molecule has 4 nitrogen and oxygen atoms in total. The number of hydrogen-bond donors (Lipinski definition) is 1. The van der Waals surface area contributed by atoms with Crippen molar-refractivity contribution in [2.45, 2.75) is 45.6 Å². The average Bonchev–Trinajstić information content (AvgIpc) is 2.24. The van der Waals surface area contributed by atoms with Crippen LogP contribution in [0.15, 0.2) is 24.3 Å². The third-order valence-corrected chi connectivity index (χ3v) is 2.57. The summed E-state index contributed by atoms with van der Waals surface area (Å²) in [6.07, 6.45) is -0.157. The van der Waals surface area contributed by atoms with Crippen LogP contribution in [-0.2, 0) is 14.3 Å². The monoisotopic (exact) mass is 264 g/mol. The number of ether oxygens (including phenoxy) is 1. The van der Waals surface area contributed by atoms with Gasteiger partial charge in [0, 0.05) is 0 Å². The number of carboxylic acids is 1. The van der Waals surface area contributed by atoms with Crippen molar-refractivity contribution in [3.05, 3.63) is 35.4 Å². The molecule has 0 saturated carbocycles. The van der Waals surface area contributed by atoms with Gasteiger partial charge in [0.1, 0.15) is 5.60 Å². The van der Waals surface area contributed by atoms with Crippen LogP contribution < -0.4 is 0 Å². The van der Waals surface area contributed by atoms with Crippen molar-refractivity contribution in [1.29, 1.82) is 0 Å². The lowest BCUT2D eigenvalue weighted by Crippen LogP contribution is -2.26. The fourth-order valence-electron chi connectivity index (χ4n) is 1.70. The second kappa shape index (κ2) is 5.87. The molecule has 19 heavy (non-hydrogen) atoms. The average molecular weight is 264 g/mol. The highest BCUT2D eigenvalue weighted by atomic mass is 16.6. The van der Waals surface area contributed by atoms with Gasteiger partial charge in [-0.2, -0.15) is 0 Å². The van der Waals surface area contributed by atoms with Crippen molar-refractivity contribution in [3.8, 4) is 0 Å². The van der Waals surface area contributed by atoms with Gasteiger partial charge in [0.05, 0.1) is 12.3 Å². The first-order valence-corrected chi connectivity index (χ1v) is 6.20. The zero-order valence-corrected chi connectivity index (χ0v) is 11.8. The molecule has 0 aliphatic carbocycles. The van der Waals surface area contributed by atoms with Gasteiger partial charge in [-0.3, -0.25) is 9.59 Å². The van der Waals surface area contributed by atoms with Gasteiger partial charge in [0.15, 0.2) is 0 Å². The summed E-state index contributed by atoms with van der Waals surface area (Å²) in [7, 11) is 0. The van der Waals surface area contributed by atoms with E-state index in [0.29, 0.717) is 5.56 Å². The number of esters is 1. The van der Waals surface area contributed by atoms with E-state index in [2.05, 4.69) is 0 Å². The lowest BCUT2D eigenvalue weighted by atomic mass is 9.95. The summed E-state index contributed by atoms with van der Waals surface area (Å²) >= 11 is 0. The molecule has 0 amide bonds. The molecular weight excluding hydrogens is 244 g/mol. The molecule has 0 fully saturated rings. The van der Waals surface area contributed by atoms with Crippen molar-refractivity contribution in [1.82, 2.24) is 0 Å². The zero-order chi connectivity index (χ0) is 14.6. The number of carbonyl (C=O) groups is 2. The van der Waals surface area contributed by atoms with Gasteiger partial charge in [-0.15, -0.1) is 0 Å². The van der Waals surface area contributed by atoms with Gasteiger partial charge in [0.2, 0.25) is 0 Å². The number of benzene rings is 1. The van der Waals surface area contributed by atoms with Crippen LogP contribution in [-0.4, -0.2) is 22.6 Å². The predicted octanol–water partition coefficient (Wildman–Crippen LogP) is 2.90. The van der Waals surface area contributed by atoms with Crippen LogP contribution in [0.5, 0.6) is 0 Å². The zero-order valence-electron chi connectivity index (χ0n) is 11.8. The topological polar surface area (TPSA) is 63.6 Å². The number of rotatable bonds is 4. The first kappa shape index (κ1) is 15.2. The van der Waals surface area contributed by atoms with E-state index in [1.807, 2.05) is 19.1 Å². The molecule has 0 saturated heterocycles. The molecule has 0 aliphatic rings. The Balaban J connectivity index is 2.82. The molecule has 0 radical (unpaired) electrons. The van der Waals surface area contributed by atoms with Crippen molar-refractivity contribution in [3.63, 3.8) is 0 Å². The maximum Gasteiger partial charge on any atom is 0.311 e. The third kappa shape index (κ3) is 5.12. The Hall–Kier alpha value is -1.84. The number of aryl methyl sites for hydroxylation is 1. The van der Waals surface area contributed by atoms with Crippen molar-refractivity contribution < 1.29 is 19.4 Å². The highest BCUT2D eigenvalue weighted by Gasteiger charge is 2.26. The van der Waals surface area contributed by atoms with Gasteiger partial charge < -0.3 is 9.84 Å². The second-order valence-electron chi connectivity index (χ2n) is 5.59. The van der Waals surface area contributed by atoms with E-state index in [1.54, 1.807) is 32.9 Å². The molecule has 0 aliphatic heterocycles. The molecule has 0 heterocycles. The molecule has 1 aromatic rings. The van der Waals surface area contributed by atoms with E-state index in [9.17, 15) is 14.7 Å². The van der Waals surface area contributed by atoms with Crippen molar-refractivity contribution in [2.75, 3.05) is 0 Å². The summed E-state index contributed by atoms with van der Waals surface area (Å²) in [6.45, 7) is 7.19. The van der Waals surface area contributed by atoms with Crippen LogP contribution in [0.2, 0.25) is 0 Å². The second-order valence-corrected chi connectivity index (χ2v) is 5.59. The lowest BCUT2D eigenvalue weighted by molar-refractivity contribution is -0.158. The maximum atomic E-state index is 11.7. The number of carbonyl (C=O) groups excluding carboxylic acids is 1. The Morgan fingerprint density at radius 3 is 2.16 bits per heavy atom. The number of carboxylic acid groups (broad SMARTS) is 1. The molecule has 1 rings (SSSR count). The largest absolute Gasteiger partial charge is 0.481 e. The minimum atomic E-state index is -1.02. The van der Waals surface area contributed by atoms with Crippen LogP contribution in [0.3, 0.4) is 0 Å². The predicted molar refractivity (Wildman–Crippen MR) is 72.0 cm³/mol. The highest BCUT2D eigenvalue weighted by Crippen LogP contribution is 2.22. The Morgan fingerprint density at radius 2 is 1.74 bits per heavy atom. The van der Waals surface area contributed by atoms with Gasteiger partial charge in [-0.05, 0) is 33.3 Å². The van der Waals surface area contributed by atoms with Crippen LogP contribution >= 0.6 is 0 Å². The Morgan fingerprint density at radius 1 is 1.21 bits per heavy atom. The Kier molecular flexibility index (Phi) is 4.70. The highest BCUT2D eigenvalue weighted by molar-refractivity contribution is 5.83. The molecule has 0 bridgehead atoms. The summed E-state index contributed by atoms with van der Waals surface area (Å²) in [5.74, 6) is -2.38. The molecule has 1 atom stereocenters. The van der Waals surface area contributed by atoms with E-state index >= 15 is 0 Å². The van der Waals surface area contributed by atoms with Gasteiger partial charge in [-0.1, -0.05) is 29.8 Å². The molecule has 0 aromatic heterocycles. The first-order valence-electron chi connectivity index (χ1n) is 6.20. The molecule has 1 aromatic carbocycles. The van der Waals surface area contributed by atoms with E-state index in [0.717, 1.165) is 5.56 Å². The molecular formula is C15H20O4. The summed E-state index contributed by atoms with van der Waals surface area (Å²) in [4.78, 5) is 23.0. The van der Waals surface area contributed by atoms with Crippen molar-refractivity contribution in [2.24, 2.45) is 0 Å². The fraction of sp³-hybridized carbons (Fsp3) is 0.467. The minimum absolute atomic E-state index is 0.157. The molecule has 104 valence electrons. The normalized spacial score (nSPS) is 12.8. The smallest absolute Gasteiger partial charge is 0.311 e. The van der Waals surface area contributed by atoms with Crippen LogP contribution in [0.1, 0.15) is 44.2 Å². The van der Waals surface area contributed by atoms with Crippen LogP contribution in [0, 0.1) is 6.92 Å². The van der Waals surface area contributed by atoms with Crippen LogP contribution in [0.4, 0.5) is 0 Å². The van der Waals surface area contributed by atoms with Gasteiger partial charge in [0.25, 0.3) is 0 Å². The molecule has 4 heteroatoms.